The van der Waals surface area contributed by atoms with E-state index in [0.29, 0.717) is 0 Å². The molecule has 0 saturated carbocycles. The van der Waals surface area contributed by atoms with Gasteiger partial charge in [-0.25, -0.2) is 4.79 Å². The third kappa shape index (κ3) is 5.92. The zero-order valence-electron chi connectivity index (χ0n) is 8.91. The van der Waals surface area contributed by atoms with Crippen LogP contribution < -0.4 is 11.5 Å². The topological polar surface area (TPSA) is 112 Å². The van der Waals surface area contributed by atoms with Crippen molar-refractivity contribution in [2.45, 2.75) is 32.2 Å². The fourth-order valence-electron chi connectivity index (χ4n) is 0.629. The van der Waals surface area contributed by atoms with Crippen molar-refractivity contribution in [2.75, 3.05) is 6.54 Å². The Morgan fingerprint density at radius 1 is 1.20 bits per heavy atom. The van der Waals surface area contributed by atoms with E-state index in [1.807, 2.05) is 0 Å². The van der Waals surface area contributed by atoms with Gasteiger partial charge in [-0.3, -0.25) is 9.59 Å². The van der Waals surface area contributed by atoms with Crippen LogP contribution in [0, 0.1) is 0 Å². The SMILES string of the molecule is CC(C)(N)C(=O)OC(=O)CCC(=O)CN. The molecule has 0 atom stereocenters. The molecule has 6 nitrogen and oxygen atoms in total. The van der Waals surface area contributed by atoms with Crippen molar-refractivity contribution in [1.82, 2.24) is 0 Å². The van der Waals surface area contributed by atoms with E-state index in [2.05, 4.69) is 4.74 Å². The van der Waals surface area contributed by atoms with E-state index in [4.69, 9.17) is 11.5 Å². The molecule has 86 valence electrons. The number of ether oxygens (including phenoxy) is 1. The molecule has 0 unspecified atom stereocenters. The highest BCUT2D eigenvalue weighted by atomic mass is 16.6. The second-order valence-corrected chi connectivity index (χ2v) is 3.73. The van der Waals surface area contributed by atoms with Gasteiger partial charge in [0.1, 0.15) is 11.3 Å². The van der Waals surface area contributed by atoms with Gasteiger partial charge in [-0.15, -0.1) is 0 Å². The van der Waals surface area contributed by atoms with Crippen LogP contribution in [0.1, 0.15) is 26.7 Å². The van der Waals surface area contributed by atoms with Gasteiger partial charge >= 0.3 is 11.9 Å². The summed E-state index contributed by atoms with van der Waals surface area (Å²) in [5, 5.41) is 0. The molecular formula is C9H16N2O4. The molecule has 0 bridgehead atoms. The van der Waals surface area contributed by atoms with E-state index in [1.165, 1.54) is 13.8 Å². The van der Waals surface area contributed by atoms with Gasteiger partial charge in [0.2, 0.25) is 0 Å². The van der Waals surface area contributed by atoms with Gasteiger partial charge in [0, 0.05) is 6.42 Å². The number of Topliss-reactive ketones (excluding diaryl/α,β-unsaturated/α-hetero) is 1. The molecule has 0 aromatic heterocycles. The lowest BCUT2D eigenvalue weighted by atomic mass is 10.1. The van der Waals surface area contributed by atoms with Crippen LogP contribution >= 0.6 is 0 Å². The second kappa shape index (κ2) is 5.57. The maximum atomic E-state index is 11.1. The number of rotatable bonds is 5. The maximum Gasteiger partial charge on any atom is 0.333 e. The van der Waals surface area contributed by atoms with E-state index in [-0.39, 0.29) is 25.2 Å². The van der Waals surface area contributed by atoms with Crippen LogP contribution in [-0.2, 0) is 19.1 Å². The molecule has 0 aromatic carbocycles. The Kier molecular flexibility index (Phi) is 5.10. The highest BCUT2D eigenvalue weighted by molar-refractivity contribution is 5.92. The van der Waals surface area contributed by atoms with Crippen molar-refractivity contribution in [1.29, 1.82) is 0 Å². The zero-order chi connectivity index (χ0) is 12.1. The van der Waals surface area contributed by atoms with Crippen LogP contribution in [0.5, 0.6) is 0 Å². The van der Waals surface area contributed by atoms with Gasteiger partial charge in [0.25, 0.3) is 0 Å². The fourth-order valence-corrected chi connectivity index (χ4v) is 0.629. The van der Waals surface area contributed by atoms with Gasteiger partial charge in [-0.1, -0.05) is 0 Å². The Hall–Kier alpha value is -1.27. The standard InChI is InChI=1S/C9H16N2O4/c1-9(2,11)8(14)15-7(13)4-3-6(12)5-10/h3-5,10-11H2,1-2H3. The first kappa shape index (κ1) is 13.7. The molecule has 0 spiro atoms. The molecule has 0 aromatic rings. The highest BCUT2D eigenvalue weighted by Crippen LogP contribution is 2.02. The number of ketones is 1. The molecule has 0 fully saturated rings. The molecule has 0 saturated heterocycles. The third-order valence-electron chi connectivity index (χ3n) is 1.57. The van der Waals surface area contributed by atoms with Crippen LogP contribution in [0.25, 0.3) is 0 Å². The summed E-state index contributed by atoms with van der Waals surface area (Å²) in [4.78, 5) is 32.9. The first-order valence-corrected chi connectivity index (χ1v) is 4.53. The lowest BCUT2D eigenvalue weighted by Gasteiger charge is -2.15. The Bertz CT molecular complexity index is 268. The molecule has 0 rings (SSSR count). The predicted molar refractivity (Wildman–Crippen MR) is 52.7 cm³/mol. The van der Waals surface area contributed by atoms with Gasteiger partial charge in [-0.2, -0.15) is 0 Å². The number of carbonyl (C=O) groups is 3. The van der Waals surface area contributed by atoms with Crippen molar-refractivity contribution in [3.05, 3.63) is 0 Å². The van der Waals surface area contributed by atoms with E-state index in [9.17, 15) is 14.4 Å². The van der Waals surface area contributed by atoms with Crippen molar-refractivity contribution in [2.24, 2.45) is 11.5 Å². The van der Waals surface area contributed by atoms with Crippen LogP contribution in [0.2, 0.25) is 0 Å². The summed E-state index contributed by atoms with van der Waals surface area (Å²) >= 11 is 0. The number of carbonyl (C=O) groups excluding carboxylic acids is 3. The Labute approximate surface area is 87.9 Å². The summed E-state index contributed by atoms with van der Waals surface area (Å²) in [5.41, 5.74) is 9.22. The molecule has 15 heavy (non-hydrogen) atoms. The minimum Gasteiger partial charge on any atom is -0.392 e. The lowest BCUT2D eigenvalue weighted by Crippen LogP contribution is -2.43. The fraction of sp³-hybridized carbons (Fsp3) is 0.667. The smallest absolute Gasteiger partial charge is 0.333 e. The van der Waals surface area contributed by atoms with E-state index >= 15 is 0 Å². The minimum absolute atomic E-state index is 0.0202. The second-order valence-electron chi connectivity index (χ2n) is 3.73. The van der Waals surface area contributed by atoms with Crippen LogP contribution in [0.4, 0.5) is 0 Å². The molecule has 0 heterocycles. The average molecular weight is 216 g/mol. The molecule has 0 aliphatic heterocycles. The predicted octanol–water partition coefficient (Wildman–Crippen LogP) is -0.898. The first-order chi connectivity index (χ1) is 6.77. The van der Waals surface area contributed by atoms with Gasteiger partial charge in [0.15, 0.2) is 0 Å². The molecule has 0 aliphatic carbocycles. The quantitative estimate of drug-likeness (QED) is 0.455. The summed E-state index contributed by atoms with van der Waals surface area (Å²) in [6, 6.07) is 0. The Balaban J connectivity index is 3.95. The van der Waals surface area contributed by atoms with Crippen LogP contribution in [0.15, 0.2) is 0 Å². The zero-order valence-corrected chi connectivity index (χ0v) is 8.91. The average Bonchev–Trinajstić information content (AvgIpc) is 2.12. The van der Waals surface area contributed by atoms with Crippen molar-refractivity contribution >= 4 is 17.7 Å². The van der Waals surface area contributed by atoms with Gasteiger partial charge in [-0.05, 0) is 13.8 Å². The van der Waals surface area contributed by atoms with Crippen LogP contribution in [0.3, 0.4) is 0 Å². The van der Waals surface area contributed by atoms with Gasteiger partial charge < -0.3 is 16.2 Å². The van der Waals surface area contributed by atoms with Crippen molar-refractivity contribution < 1.29 is 19.1 Å². The van der Waals surface area contributed by atoms with E-state index in [0.717, 1.165) is 0 Å². The van der Waals surface area contributed by atoms with E-state index in [1.54, 1.807) is 0 Å². The maximum absolute atomic E-state index is 11.1. The number of esters is 2. The molecule has 0 amide bonds. The summed E-state index contributed by atoms with van der Waals surface area (Å²) in [6.07, 6.45) is -0.175. The van der Waals surface area contributed by atoms with Crippen molar-refractivity contribution in [3.8, 4) is 0 Å². The minimum atomic E-state index is -1.21. The molecular weight excluding hydrogens is 200 g/mol. The number of hydrogen-bond donors (Lipinski definition) is 2. The highest BCUT2D eigenvalue weighted by Gasteiger charge is 2.26. The largest absolute Gasteiger partial charge is 0.392 e. The Morgan fingerprint density at radius 3 is 2.13 bits per heavy atom. The summed E-state index contributed by atoms with van der Waals surface area (Å²) in [5.74, 6) is -1.83. The Morgan fingerprint density at radius 2 is 1.73 bits per heavy atom. The molecule has 6 heteroatoms. The van der Waals surface area contributed by atoms with E-state index < -0.39 is 17.5 Å². The van der Waals surface area contributed by atoms with Gasteiger partial charge in [0.05, 0.1) is 13.0 Å². The lowest BCUT2D eigenvalue weighted by molar-refractivity contribution is -0.163. The third-order valence-corrected chi connectivity index (χ3v) is 1.57. The molecule has 0 aliphatic rings. The summed E-state index contributed by atoms with van der Waals surface area (Å²) < 4.78 is 4.41. The molecule has 0 radical (unpaired) electrons. The monoisotopic (exact) mass is 216 g/mol. The van der Waals surface area contributed by atoms with Crippen molar-refractivity contribution in [3.63, 3.8) is 0 Å². The summed E-state index contributed by atoms with van der Waals surface area (Å²) in [6.45, 7) is 2.73. The molecule has 4 N–H and O–H groups in total. The number of hydrogen-bond acceptors (Lipinski definition) is 6. The van der Waals surface area contributed by atoms with Crippen LogP contribution in [-0.4, -0.2) is 29.8 Å². The first-order valence-electron chi connectivity index (χ1n) is 4.53. The summed E-state index contributed by atoms with van der Waals surface area (Å²) in [7, 11) is 0. The normalized spacial score (nSPS) is 10.9. The number of nitrogens with two attached hydrogens (primary N) is 2.